The van der Waals surface area contributed by atoms with Gasteiger partial charge in [-0.2, -0.15) is 0 Å². The summed E-state index contributed by atoms with van der Waals surface area (Å²) >= 11 is 1.57. The number of hydrogen-bond donors (Lipinski definition) is 5. The molecule has 0 bridgehead atoms. The van der Waals surface area contributed by atoms with Crippen LogP contribution in [0.2, 0.25) is 0 Å². The molecular formula is C42H51ClN8O7S. The molecule has 3 atom stereocenters. The SMILES string of the molecule is CNc1ccc2ncc(-c3cccc(NC(=O)COCCOCC(=O)N[C@H](C(=O)N4C[C@H](O)C[C@H]4C(=O)NCc4ccc(-c5scnc5C)cc4)C(C)(C)C)c3)n2c1.Cl. The predicted octanol–water partition coefficient (Wildman–Crippen LogP) is 4.68. The summed E-state index contributed by atoms with van der Waals surface area (Å²) < 4.78 is 12.9. The Morgan fingerprint density at radius 3 is 2.36 bits per heavy atom. The number of amides is 4. The van der Waals surface area contributed by atoms with Gasteiger partial charge in [0.2, 0.25) is 23.6 Å². The maximum Gasteiger partial charge on any atom is 0.250 e. The van der Waals surface area contributed by atoms with Gasteiger partial charge in [0, 0.05) is 44.0 Å². The molecule has 15 nitrogen and oxygen atoms in total. The molecule has 1 aliphatic heterocycles. The molecule has 0 unspecified atom stereocenters. The molecule has 0 saturated carbocycles. The molecule has 1 saturated heterocycles. The van der Waals surface area contributed by atoms with Gasteiger partial charge in [-0.05, 0) is 47.7 Å². The number of likely N-dealkylation sites (tertiary alicyclic amines) is 1. The van der Waals surface area contributed by atoms with Crippen molar-refractivity contribution in [2.45, 2.75) is 58.8 Å². The topological polar surface area (TPSA) is 189 Å². The number of halogens is 1. The molecule has 1 aliphatic rings. The molecule has 5 N–H and O–H groups in total. The normalized spacial score (nSPS) is 15.7. The summed E-state index contributed by atoms with van der Waals surface area (Å²) in [5.74, 6) is -1.74. The predicted molar refractivity (Wildman–Crippen MR) is 229 cm³/mol. The van der Waals surface area contributed by atoms with E-state index in [2.05, 4.69) is 31.2 Å². The van der Waals surface area contributed by atoms with Crippen LogP contribution >= 0.6 is 23.7 Å². The highest BCUT2D eigenvalue weighted by atomic mass is 35.5. The summed E-state index contributed by atoms with van der Waals surface area (Å²) in [6.45, 7) is 7.11. The number of rotatable bonds is 16. The number of nitrogens with zero attached hydrogens (tertiary/aromatic N) is 4. The Kier molecular flexibility index (Phi) is 15.2. The van der Waals surface area contributed by atoms with Crippen molar-refractivity contribution in [3.8, 4) is 21.7 Å². The van der Waals surface area contributed by atoms with Gasteiger partial charge in [0.25, 0.3) is 0 Å². The van der Waals surface area contributed by atoms with Crippen LogP contribution in [-0.2, 0) is 35.2 Å². The third-order valence-corrected chi connectivity index (χ3v) is 10.8. The zero-order chi connectivity index (χ0) is 41.4. The van der Waals surface area contributed by atoms with Crippen molar-refractivity contribution in [1.82, 2.24) is 29.9 Å². The van der Waals surface area contributed by atoms with Gasteiger partial charge in [-0.3, -0.25) is 23.6 Å². The quantitative estimate of drug-likeness (QED) is 0.0874. The summed E-state index contributed by atoms with van der Waals surface area (Å²) in [6.07, 6.45) is 2.94. The van der Waals surface area contributed by atoms with Crippen LogP contribution in [0.3, 0.4) is 0 Å². The van der Waals surface area contributed by atoms with Crippen LogP contribution in [0.25, 0.3) is 27.3 Å². The number of hydrogen-bond acceptors (Lipinski definition) is 11. The summed E-state index contributed by atoms with van der Waals surface area (Å²) in [5.41, 5.74) is 8.06. The average Bonchev–Trinajstić information content (AvgIpc) is 3.94. The largest absolute Gasteiger partial charge is 0.391 e. The molecule has 0 aliphatic carbocycles. The van der Waals surface area contributed by atoms with Crippen molar-refractivity contribution in [3.63, 3.8) is 0 Å². The van der Waals surface area contributed by atoms with Gasteiger partial charge < -0.3 is 40.7 Å². The Morgan fingerprint density at radius 2 is 1.68 bits per heavy atom. The van der Waals surface area contributed by atoms with Gasteiger partial charge in [-0.15, -0.1) is 23.7 Å². The Morgan fingerprint density at radius 1 is 0.949 bits per heavy atom. The number of aryl methyl sites for hydroxylation is 1. The number of carbonyl (C=O) groups is 4. The molecule has 1 fully saturated rings. The van der Waals surface area contributed by atoms with Crippen LogP contribution < -0.4 is 21.3 Å². The van der Waals surface area contributed by atoms with Crippen molar-refractivity contribution in [1.29, 1.82) is 0 Å². The zero-order valence-electron chi connectivity index (χ0n) is 33.7. The van der Waals surface area contributed by atoms with Crippen LogP contribution in [0.1, 0.15) is 38.4 Å². The van der Waals surface area contributed by atoms with Gasteiger partial charge in [0.05, 0.1) is 53.0 Å². The van der Waals surface area contributed by atoms with Gasteiger partial charge in [-0.1, -0.05) is 57.2 Å². The van der Waals surface area contributed by atoms with E-state index in [9.17, 15) is 24.3 Å². The van der Waals surface area contributed by atoms with Crippen LogP contribution in [0.15, 0.2) is 78.6 Å². The number of nitrogens with one attached hydrogen (secondary N) is 4. The number of pyridine rings is 1. The first kappa shape index (κ1) is 44.7. The zero-order valence-corrected chi connectivity index (χ0v) is 35.3. The van der Waals surface area contributed by atoms with Crippen molar-refractivity contribution < 1.29 is 33.8 Å². The fraction of sp³-hybridized carbons (Fsp3) is 0.381. The lowest BCUT2D eigenvalue weighted by Gasteiger charge is -2.35. The lowest BCUT2D eigenvalue weighted by Crippen LogP contribution is -2.58. The van der Waals surface area contributed by atoms with E-state index < -0.39 is 35.4 Å². The van der Waals surface area contributed by atoms with E-state index in [1.54, 1.807) is 29.1 Å². The van der Waals surface area contributed by atoms with Crippen molar-refractivity contribution in [2.24, 2.45) is 5.41 Å². The minimum Gasteiger partial charge on any atom is -0.391 e. The van der Waals surface area contributed by atoms with Crippen LogP contribution in [0.4, 0.5) is 11.4 Å². The molecule has 4 amide bonds. The second kappa shape index (κ2) is 20.0. The first-order valence-electron chi connectivity index (χ1n) is 19.1. The Labute approximate surface area is 353 Å². The lowest BCUT2D eigenvalue weighted by atomic mass is 9.85. The smallest absolute Gasteiger partial charge is 0.250 e. The number of thiazole rings is 1. The number of benzene rings is 2. The Hall–Kier alpha value is -5.39. The highest BCUT2D eigenvalue weighted by molar-refractivity contribution is 7.13. The third kappa shape index (κ3) is 11.4. The molecule has 2 aromatic carbocycles. The average molecular weight is 847 g/mol. The molecule has 0 spiro atoms. The molecule has 3 aromatic heterocycles. The first-order valence-corrected chi connectivity index (χ1v) is 19.9. The summed E-state index contributed by atoms with van der Waals surface area (Å²) in [7, 11) is 1.85. The molecule has 59 heavy (non-hydrogen) atoms. The van der Waals surface area contributed by atoms with E-state index in [-0.39, 0.29) is 70.2 Å². The molecule has 4 heterocycles. The molecule has 6 rings (SSSR count). The van der Waals surface area contributed by atoms with Crippen molar-refractivity contribution in [3.05, 3.63) is 89.8 Å². The maximum absolute atomic E-state index is 13.9. The number of fused-ring (bicyclic) bond motifs is 1. The van der Waals surface area contributed by atoms with Gasteiger partial charge >= 0.3 is 0 Å². The van der Waals surface area contributed by atoms with Gasteiger partial charge in [0.15, 0.2) is 0 Å². The summed E-state index contributed by atoms with van der Waals surface area (Å²) in [5, 5.41) is 22.2. The van der Waals surface area contributed by atoms with E-state index >= 15 is 0 Å². The molecular weight excluding hydrogens is 796 g/mol. The van der Waals surface area contributed by atoms with E-state index in [0.717, 1.165) is 44.3 Å². The fourth-order valence-corrected chi connectivity index (χ4v) is 7.54. The van der Waals surface area contributed by atoms with Crippen molar-refractivity contribution >= 4 is 64.4 Å². The van der Waals surface area contributed by atoms with E-state index in [4.69, 9.17) is 9.47 Å². The highest BCUT2D eigenvalue weighted by Crippen LogP contribution is 2.29. The van der Waals surface area contributed by atoms with Crippen molar-refractivity contribution in [2.75, 3.05) is 50.7 Å². The summed E-state index contributed by atoms with van der Waals surface area (Å²) in [6, 6.07) is 17.2. The number of imidazole rings is 1. The molecule has 314 valence electrons. The number of aromatic nitrogens is 3. The number of β-amino-alcohol motifs (C(OH)–C–C–N with tert-alkyl or cyclic N) is 1. The highest BCUT2D eigenvalue weighted by Gasteiger charge is 2.44. The molecule has 17 heteroatoms. The second-order valence-corrected chi connectivity index (χ2v) is 16.1. The number of aliphatic hydroxyl groups is 1. The fourth-order valence-electron chi connectivity index (χ4n) is 6.73. The maximum atomic E-state index is 13.9. The minimum absolute atomic E-state index is 0. The number of ether oxygens (including phenoxy) is 2. The molecule has 5 aromatic rings. The van der Waals surface area contributed by atoms with Gasteiger partial charge in [-0.25, -0.2) is 9.97 Å². The number of carbonyl (C=O) groups excluding carboxylic acids is 4. The monoisotopic (exact) mass is 846 g/mol. The minimum atomic E-state index is -0.996. The summed E-state index contributed by atoms with van der Waals surface area (Å²) in [4.78, 5) is 64.1. The van der Waals surface area contributed by atoms with E-state index in [1.165, 1.54) is 4.90 Å². The standard InChI is InChI=1S/C42H50N8O7S.ClH/c1-26-38(58-25-46-26)28-11-9-27(10-12-28)19-45-40(54)33-18-32(51)22-50(33)41(55)39(42(2,3)4)48-37(53)24-57-16-15-56-23-36(52)47-30-8-6-7-29(17-30)34-20-44-35-14-13-31(43-5)21-49(34)35;/h6-14,17,20-21,25,32-33,39,43,51H,15-16,18-19,22-24H2,1-5H3,(H,45,54)(H,47,52)(H,48,53);1H/t32-,33+,39-;/m1./s1. The van der Waals surface area contributed by atoms with Crippen LogP contribution in [0.5, 0.6) is 0 Å². The van der Waals surface area contributed by atoms with Crippen LogP contribution in [0, 0.1) is 12.3 Å². The second-order valence-electron chi connectivity index (χ2n) is 15.2. The van der Waals surface area contributed by atoms with E-state index in [0.29, 0.717) is 5.69 Å². The van der Waals surface area contributed by atoms with Crippen LogP contribution in [-0.4, -0.2) is 106 Å². The Bertz CT molecular complexity index is 2240. The molecule has 0 radical (unpaired) electrons. The lowest BCUT2D eigenvalue weighted by molar-refractivity contribution is -0.144. The first-order chi connectivity index (χ1) is 27.8. The van der Waals surface area contributed by atoms with E-state index in [1.807, 2.05) is 99.9 Å². The Balaban J connectivity index is 0.00000661. The van der Waals surface area contributed by atoms with Gasteiger partial charge in [0.1, 0.15) is 30.9 Å². The third-order valence-electron chi connectivity index (χ3n) is 9.79. The number of aliphatic hydroxyl groups excluding tert-OH is 1. The number of anilines is 2.